The van der Waals surface area contributed by atoms with E-state index in [1.54, 1.807) is 19.1 Å². The molecule has 0 amide bonds. The Morgan fingerprint density at radius 2 is 2.07 bits per heavy atom. The first-order valence-corrected chi connectivity index (χ1v) is 9.42. The zero-order chi connectivity index (χ0) is 20.4. The standard InChI is InChI=1S/C18H13ClFIN4O3/c1-8(26)16(23-12-4-2-10(7-22)14(19)15(12)21)18-25-24-17(28-18)9-3-5-13(27)11(20)6-9/h2-6,8,16,23,26-27H,1H3/t8-,16+/m0/s1. The fraction of sp³-hybridized carbons (Fsp3) is 0.167. The number of nitrogens with one attached hydrogen (secondary N) is 1. The maximum absolute atomic E-state index is 13.6. The average Bonchev–Trinajstić information content (AvgIpc) is 3.14. The molecule has 0 aliphatic heterocycles. The SMILES string of the molecule is C[C@H](O)[C@@H](Nc1ccc(C#N)c(Cl)c1I)c1nnc(-c2ccc(O)c(F)c2)o1. The van der Waals surface area contributed by atoms with E-state index < -0.39 is 23.7 Å². The molecule has 1 heterocycles. The molecule has 0 bridgehead atoms. The molecule has 7 nitrogen and oxygen atoms in total. The van der Waals surface area contributed by atoms with E-state index in [1.165, 1.54) is 12.1 Å². The summed E-state index contributed by atoms with van der Waals surface area (Å²) in [5.74, 6) is -1.19. The summed E-state index contributed by atoms with van der Waals surface area (Å²) in [7, 11) is 0. The van der Waals surface area contributed by atoms with Crippen LogP contribution in [0.5, 0.6) is 5.75 Å². The van der Waals surface area contributed by atoms with E-state index in [-0.39, 0.29) is 17.3 Å². The Bertz CT molecular complexity index is 1070. The van der Waals surface area contributed by atoms with E-state index >= 15 is 0 Å². The van der Waals surface area contributed by atoms with Crippen molar-refractivity contribution in [3.8, 4) is 23.3 Å². The van der Waals surface area contributed by atoms with Crippen molar-refractivity contribution in [1.29, 1.82) is 5.26 Å². The third-order valence-corrected chi connectivity index (χ3v) is 5.73. The van der Waals surface area contributed by atoms with Crippen molar-refractivity contribution >= 4 is 39.9 Å². The lowest BCUT2D eigenvalue weighted by atomic mass is 10.1. The summed E-state index contributed by atoms with van der Waals surface area (Å²) < 4.78 is 19.8. The smallest absolute Gasteiger partial charge is 0.247 e. The minimum absolute atomic E-state index is 0.0360. The molecule has 0 aliphatic rings. The molecule has 28 heavy (non-hydrogen) atoms. The number of benzene rings is 2. The highest BCUT2D eigenvalue weighted by Gasteiger charge is 2.25. The van der Waals surface area contributed by atoms with Crippen LogP contribution in [-0.2, 0) is 0 Å². The van der Waals surface area contributed by atoms with Gasteiger partial charge in [0.05, 0.1) is 20.3 Å². The van der Waals surface area contributed by atoms with Crippen LogP contribution >= 0.6 is 34.2 Å². The highest BCUT2D eigenvalue weighted by molar-refractivity contribution is 14.1. The normalized spacial score (nSPS) is 13.0. The maximum atomic E-state index is 13.6. The lowest BCUT2D eigenvalue weighted by Gasteiger charge is -2.20. The predicted molar refractivity (Wildman–Crippen MR) is 108 cm³/mol. The summed E-state index contributed by atoms with van der Waals surface area (Å²) >= 11 is 8.17. The zero-order valence-electron chi connectivity index (χ0n) is 14.3. The zero-order valence-corrected chi connectivity index (χ0v) is 17.2. The molecule has 3 rings (SSSR count). The van der Waals surface area contributed by atoms with Gasteiger partial charge in [-0.15, -0.1) is 10.2 Å². The second-order valence-corrected chi connectivity index (χ2v) is 7.33. The number of aliphatic hydroxyl groups is 1. The van der Waals surface area contributed by atoms with Gasteiger partial charge in [-0.2, -0.15) is 5.26 Å². The lowest BCUT2D eigenvalue weighted by Crippen LogP contribution is -2.23. The summed E-state index contributed by atoms with van der Waals surface area (Å²) in [6.07, 6.45) is -0.921. The highest BCUT2D eigenvalue weighted by atomic mass is 127. The molecule has 0 radical (unpaired) electrons. The van der Waals surface area contributed by atoms with Crippen molar-refractivity contribution < 1.29 is 19.0 Å². The van der Waals surface area contributed by atoms with Crippen LogP contribution in [0.1, 0.15) is 24.4 Å². The van der Waals surface area contributed by atoms with Crippen molar-refractivity contribution in [3.05, 3.63) is 56.2 Å². The molecule has 0 saturated carbocycles. The van der Waals surface area contributed by atoms with Gasteiger partial charge in [0, 0.05) is 11.3 Å². The Morgan fingerprint density at radius 3 is 2.71 bits per heavy atom. The van der Waals surface area contributed by atoms with Gasteiger partial charge < -0.3 is 19.9 Å². The third kappa shape index (κ3) is 4.04. The van der Waals surface area contributed by atoms with Crippen LogP contribution in [0.25, 0.3) is 11.5 Å². The highest BCUT2D eigenvalue weighted by Crippen LogP contribution is 2.33. The Kier molecular flexibility index (Phi) is 6.02. The third-order valence-electron chi connectivity index (χ3n) is 3.90. The number of phenols is 1. The number of anilines is 1. The average molecular weight is 515 g/mol. The van der Waals surface area contributed by atoms with Gasteiger partial charge in [0.2, 0.25) is 11.8 Å². The monoisotopic (exact) mass is 514 g/mol. The van der Waals surface area contributed by atoms with Crippen LogP contribution in [0.4, 0.5) is 10.1 Å². The van der Waals surface area contributed by atoms with Crippen molar-refractivity contribution in [2.24, 2.45) is 0 Å². The molecule has 144 valence electrons. The Balaban J connectivity index is 1.92. The second-order valence-electron chi connectivity index (χ2n) is 5.87. The van der Waals surface area contributed by atoms with Crippen LogP contribution in [0.2, 0.25) is 5.02 Å². The number of nitrogens with zero attached hydrogens (tertiary/aromatic N) is 3. The van der Waals surface area contributed by atoms with Crippen LogP contribution in [0.15, 0.2) is 34.7 Å². The van der Waals surface area contributed by atoms with Crippen LogP contribution in [0.3, 0.4) is 0 Å². The van der Waals surface area contributed by atoms with Crippen molar-refractivity contribution in [2.45, 2.75) is 19.1 Å². The molecule has 0 saturated heterocycles. The van der Waals surface area contributed by atoms with Gasteiger partial charge in [0.15, 0.2) is 11.6 Å². The molecule has 0 fully saturated rings. The summed E-state index contributed by atoms with van der Waals surface area (Å²) in [5.41, 5.74) is 1.19. The second kappa shape index (κ2) is 8.30. The first-order chi connectivity index (χ1) is 13.3. The van der Waals surface area contributed by atoms with E-state index in [1.807, 2.05) is 28.7 Å². The molecule has 2 aromatic carbocycles. The molecule has 0 aliphatic carbocycles. The van der Waals surface area contributed by atoms with Crippen molar-refractivity contribution in [1.82, 2.24) is 10.2 Å². The number of aromatic hydroxyl groups is 1. The fourth-order valence-electron chi connectivity index (χ4n) is 2.42. The van der Waals surface area contributed by atoms with Gasteiger partial charge in [0.1, 0.15) is 12.1 Å². The molecule has 3 N–H and O–H groups in total. The summed E-state index contributed by atoms with van der Waals surface area (Å²) in [4.78, 5) is 0. The summed E-state index contributed by atoms with van der Waals surface area (Å²) in [6, 6.07) is 8.13. The minimum atomic E-state index is -0.921. The number of aromatic nitrogens is 2. The van der Waals surface area contributed by atoms with Crippen LogP contribution in [0, 0.1) is 20.7 Å². The lowest BCUT2D eigenvalue weighted by molar-refractivity contribution is 0.159. The molecular formula is C18H13ClFIN4O3. The topological polar surface area (TPSA) is 115 Å². The number of nitriles is 1. The van der Waals surface area contributed by atoms with Gasteiger partial charge in [-0.1, -0.05) is 11.6 Å². The van der Waals surface area contributed by atoms with E-state index in [2.05, 4.69) is 15.5 Å². The number of halogens is 3. The van der Waals surface area contributed by atoms with Crippen molar-refractivity contribution in [2.75, 3.05) is 5.32 Å². The molecule has 1 aromatic heterocycles. The summed E-state index contributed by atoms with van der Waals surface area (Å²) in [5, 5.41) is 39.7. The molecule has 2 atom stereocenters. The number of hydrogen-bond acceptors (Lipinski definition) is 7. The Hall–Kier alpha value is -2.42. The first kappa shape index (κ1) is 20.3. The van der Waals surface area contributed by atoms with Crippen LogP contribution < -0.4 is 5.32 Å². The molecule has 10 heteroatoms. The predicted octanol–water partition coefficient (Wildman–Crippen LogP) is 4.24. The van der Waals surface area contributed by atoms with Gasteiger partial charge in [0.25, 0.3) is 0 Å². The first-order valence-electron chi connectivity index (χ1n) is 7.96. The quantitative estimate of drug-likeness (QED) is 0.436. The van der Waals surface area contributed by atoms with Gasteiger partial charge in [-0.25, -0.2) is 4.39 Å². The van der Waals surface area contributed by atoms with E-state index in [0.717, 1.165) is 6.07 Å². The summed E-state index contributed by atoms with van der Waals surface area (Å²) in [6.45, 7) is 1.54. The van der Waals surface area contributed by atoms with E-state index in [9.17, 15) is 14.6 Å². The maximum Gasteiger partial charge on any atom is 0.247 e. The molecule has 0 spiro atoms. The largest absolute Gasteiger partial charge is 0.505 e. The minimum Gasteiger partial charge on any atom is -0.505 e. The fourth-order valence-corrected chi connectivity index (χ4v) is 3.25. The number of hydrogen-bond donors (Lipinski definition) is 3. The number of aliphatic hydroxyl groups excluding tert-OH is 1. The molecular weight excluding hydrogens is 502 g/mol. The van der Waals surface area contributed by atoms with Gasteiger partial charge in [-0.3, -0.25) is 0 Å². The van der Waals surface area contributed by atoms with Crippen molar-refractivity contribution in [3.63, 3.8) is 0 Å². The number of rotatable bonds is 5. The van der Waals surface area contributed by atoms with Gasteiger partial charge >= 0.3 is 0 Å². The van der Waals surface area contributed by atoms with Crippen LogP contribution in [-0.4, -0.2) is 26.5 Å². The van der Waals surface area contributed by atoms with E-state index in [4.69, 9.17) is 21.3 Å². The molecule has 0 unspecified atom stereocenters. The Morgan fingerprint density at radius 1 is 1.32 bits per heavy atom. The molecule has 3 aromatic rings. The van der Waals surface area contributed by atoms with Gasteiger partial charge in [-0.05, 0) is 59.8 Å². The Labute approximate surface area is 177 Å². The number of phenolic OH excluding ortho intramolecular Hbond substituents is 1. The van der Waals surface area contributed by atoms with E-state index in [0.29, 0.717) is 19.8 Å².